The van der Waals surface area contributed by atoms with E-state index in [4.69, 9.17) is 18.9 Å². The van der Waals surface area contributed by atoms with Crippen molar-refractivity contribution in [1.82, 2.24) is 0 Å². The molecule has 0 bridgehead atoms. The SMILES string of the molecule is Cc1cc(C)c(Cc2cc(C)c(N3CC(CC(C)(C)Oc4c(C)cc(C(C)(C)c5cc(C)c(OCC6CO6)c(C)c5)cc4C)OC3=O)cc2C)cc1C. The van der Waals surface area contributed by atoms with Crippen molar-refractivity contribution in [2.45, 2.75) is 126 Å². The fourth-order valence-electron chi connectivity index (χ4n) is 7.97. The van der Waals surface area contributed by atoms with Crippen LogP contribution in [0.1, 0.15) is 106 Å². The van der Waals surface area contributed by atoms with Crippen LogP contribution < -0.4 is 14.4 Å². The molecule has 6 heteroatoms. The van der Waals surface area contributed by atoms with Crippen molar-refractivity contribution in [1.29, 1.82) is 0 Å². The number of cyclic esters (lactones) is 1. The number of amides is 1. The summed E-state index contributed by atoms with van der Waals surface area (Å²) in [5, 5.41) is 0. The van der Waals surface area contributed by atoms with Crippen molar-refractivity contribution in [3.05, 3.63) is 121 Å². The molecule has 0 radical (unpaired) electrons. The minimum absolute atomic E-state index is 0.227. The number of carbonyl (C=O) groups is 1. The van der Waals surface area contributed by atoms with Crippen LogP contribution in [0.25, 0.3) is 0 Å². The first kappa shape index (κ1) is 38.4. The quantitative estimate of drug-likeness (QED) is 0.137. The number of hydrogen-bond acceptors (Lipinski definition) is 5. The average molecular weight is 718 g/mol. The molecule has 53 heavy (non-hydrogen) atoms. The van der Waals surface area contributed by atoms with E-state index in [9.17, 15) is 4.79 Å². The zero-order chi connectivity index (χ0) is 38.6. The van der Waals surface area contributed by atoms with E-state index in [1.807, 2.05) is 0 Å². The van der Waals surface area contributed by atoms with E-state index < -0.39 is 5.60 Å². The summed E-state index contributed by atoms with van der Waals surface area (Å²) in [4.78, 5) is 15.1. The van der Waals surface area contributed by atoms with Gasteiger partial charge in [0.15, 0.2) is 0 Å². The molecule has 0 N–H and O–H groups in total. The third kappa shape index (κ3) is 8.28. The molecule has 2 heterocycles. The smallest absolute Gasteiger partial charge is 0.414 e. The van der Waals surface area contributed by atoms with Crippen LogP contribution in [0.4, 0.5) is 10.5 Å². The van der Waals surface area contributed by atoms with Crippen LogP contribution in [-0.2, 0) is 21.3 Å². The molecule has 2 aliphatic heterocycles. The highest BCUT2D eigenvalue weighted by Crippen LogP contribution is 2.40. The number of nitrogens with zero attached hydrogens (tertiary/aromatic N) is 1. The van der Waals surface area contributed by atoms with E-state index in [1.54, 1.807) is 4.90 Å². The van der Waals surface area contributed by atoms with Gasteiger partial charge in [0.1, 0.15) is 35.9 Å². The Morgan fingerprint density at radius 1 is 0.642 bits per heavy atom. The Bertz CT molecular complexity index is 2010. The van der Waals surface area contributed by atoms with Crippen molar-refractivity contribution in [3.63, 3.8) is 0 Å². The summed E-state index contributed by atoms with van der Waals surface area (Å²) in [6.07, 6.45) is 1.08. The third-order valence-electron chi connectivity index (χ3n) is 11.4. The van der Waals surface area contributed by atoms with Gasteiger partial charge in [-0.1, -0.05) is 56.3 Å². The van der Waals surface area contributed by atoms with Crippen LogP contribution in [0.3, 0.4) is 0 Å². The normalized spacial score (nSPS) is 17.3. The Balaban J connectivity index is 1.14. The maximum atomic E-state index is 13.3. The number of benzene rings is 4. The Hall–Kier alpha value is -4.29. The van der Waals surface area contributed by atoms with Gasteiger partial charge >= 0.3 is 6.09 Å². The number of aryl methyl sites for hydroxylation is 9. The van der Waals surface area contributed by atoms with Crippen LogP contribution in [0.2, 0.25) is 0 Å². The molecule has 1 amide bonds. The highest BCUT2D eigenvalue weighted by molar-refractivity contribution is 5.91. The molecule has 2 atom stereocenters. The lowest BCUT2D eigenvalue weighted by Gasteiger charge is -2.32. The third-order valence-corrected chi connectivity index (χ3v) is 11.4. The number of ether oxygens (including phenoxy) is 4. The number of carbonyl (C=O) groups excluding carboxylic acids is 1. The van der Waals surface area contributed by atoms with Crippen molar-refractivity contribution >= 4 is 11.8 Å². The Kier molecular flexibility index (Phi) is 10.5. The standard InChI is InChI=1S/C47H59NO5/c1-27-14-29(3)36(15-28(27)2)22-37-16-31(5)42(21-30(37)4)48-24-40(52-45(48)49)23-46(10,11)53-44-34(8)19-39(20-35(44)9)47(12,13)38-17-32(6)43(33(7)18-38)51-26-41-25-50-41/h14-21,40-41H,22-26H2,1-13H3. The minimum Gasteiger partial charge on any atom is -0.490 e. The highest BCUT2D eigenvalue weighted by atomic mass is 16.6. The van der Waals surface area contributed by atoms with Gasteiger partial charge in [-0.25, -0.2) is 4.79 Å². The summed E-state index contributed by atoms with van der Waals surface area (Å²) in [6, 6.07) is 18.0. The molecular formula is C47H59NO5. The van der Waals surface area contributed by atoms with Gasteiger partial charge < -0.3 is 18.9 Å². The summed E-state index contributed by atoms with van der Waals surface area (Å²) in [5.74, 6) is 1.84. The predicted octanol–water partition coefficient (Wildman–Crippen LogP) is 10.7. The number of anilines is 1. The van der Waals surface area contributed by atoms with E-state index in [0.717, 1.165) is 58.0 Å². The Morgan fingerprint density at radius 3 is 1.72 bits per heavy atom. The second kappa shape index (κ2) is 14.5. The fourth-order valence-corrected chi connectivity index (χ4v) is 7.97. The molecule has 2 unspecified atom stereocenters. The van der Waals surface area contributed by atoms with E-state index in [2.05, 4.69) is 139 Å². The second-order valence-corrected chi connectivity index (χ2v) is 17.1. The van der Waals surface area contributed by atoms with E-state index in [0.29, 0.717) is 19.6 Å². The van der Waals surface area contributed by atoms with Crippen LogP contribution in [0.15, 0.2) is 48.5 Å². The molecule has 6 nitrogen and oxygen atoms in total. The molecular weight excluding hydrogens is 659 g/mol. The van der Waals surface area contributed by atoms with Crippen molar-refractivity contribution in [3.8, 4) is 11.5 Å². The van der Waals surface area contributed by atoms with Crippen LogP contribution in [0, 0.1) is 62.3 Å². The molecule has 4 aromatic rings. The summed E-state index contributed by atoms with van der Waals surface area (Å²) >= 11 is 0. The van der Waals surface area contributed by atoms with E-state index in [-0.39, 0.29) is 23.7 Å². The van der Waals surface area contributed by atoms with Gasteiger partial charge in [0.05, 0.1) is 18.8 Å². The largest absolute Gasteiger partial charge is 0.490 e. The predicted molar refractivity (Wildman–Crippen MR) is 216 cm³/mol. The lowest BCUT2D eigenvalue weighted by molar-refractivity contribution is 0.0445. The first-order chi connectivity index (χ1) is 24.8. The minimum atomic E-state index is -0.568. The molecule has 0 aliphatic carbocycles. The summed E-state index contributed by atoms with van der Waals surface area (Å²) in [6.45, 7) is 29.9. The number of rotatable bonds is 12. The lowest BCUT2D eigenvalue weighted by Crippen LogP contribution is -2.35. The molecule has 2 saturated heterocycles. The van der Waals surface area contributed by atoms with Crippen LogP contribution >= 0.6 is 0 Å². The molecule has 4 aromatic carbocycles. The van der Waals surface area contributed by atoms with Gasteiger partial charge in [0, 0.05) is 11.8 Å². The summed E-state index contributed by atoms with van der Waals surface area (Å²) in [5.41, 5.74) is 15.9. The van der Waals surface area contributed by atoms with E-state index >= 15 is 0 Å². The topological polar surface area (TPSA) is 60.5 Å². The van der Waals surface area contributed by atoms with Crippen LogP contribution in [-0.4, -0.2) is 43.7 Å². The summed E-state index contributed by atoms with van der Waals surface area (Å²) < 4.78 is 24.2. The first-order valence-corrected chi connectivity index (χ1v) is 19.1. The molecule has 0 saturated carbocycles. The van der Waals surface area contributed by atoms with Crippen molar-refractivity contribution < 1.29 is 23.7 Å². The van der Waals surface area contributed by atoms with Gasteiger partial charge in [-0.05, 0) is 161 Å². The zero-order valence-corrected chi connectivity index (χ0v) is 34.3. The molecule has 2 fully saturated rings. The average Bonchev–Trinajstić information content (AvgIpc) is 3.82. The van der Waals surface area contributed by atoms with E-state index in [1.165, 1.54) is 44.5 Å². The molecule has 6 rings (SSSR count). The zero-order valence-electron chi connectivity index (χ0n) is 34.3. The van der Waals surface area contributed by atoms with Gasteiger partial charge in [-0.2, -0.15) is 0 Å². The molecule has 0 aromatic heterocycles. The van der Waals surface area contributed by atoms with Gasteiger partial charge in [0.25, 0.3) is 0 Å². The van der Waals surface area contributed by atoms with Gasteiger partial charge in [0.2, 0.25) is 0 Å². The Morgan fingerprint density at radius 2 is 1.15 bits per heavy atom. The Labute approximate surface area is 317 Å². The molecule has 0 spiro atoms. The van der Waals surface area contributed by atoms with Gasteiger partial charge in [-0.3, -0.25) is 4.90 Å². The lowest BCUT2D eigenvalue weighted by atomic mass is 9.76. The molecule has 2 aliphatic rings. The maximum absolute atomic E-state index is 13.3. The monoisotopic (exact) mass is 717 g/mol. The van der Waals surface area contributed by atoms with Crippen LogP contribution in [0.5, 0.6) is 11.5 Å². The maximum Gasteiger partial charge on any atom is 0.414 e. The van der Waals surface area contributed by atoms with Crippen molar-refractivity contribution in [2.24, 2.45) is 0 Å². The number of epoxide rings is 1. The van der Waals surface area contributed by atoms with Crippen molar-refractivity contribution in [2.75, 3.05) is 24.7 Å². The molecule has 282 valence electrons. The van der Waals surface area contributed by atoms with Gasteiger partial charge in [-0.15, -0.1) is 0 Å². The number of hydrogen-bond donors (Lipinski definition) is 0. The fraction of sp³-hybridized carbons (Fsp3) is 0.468. The highest BCUT2D eigenvalue weighted by Gasteiger charge is 2.38. The summed E-state index contributed by atoms with van der Waals surface area (Å²) in [7, 11) is 0. The first-order valence-electron chi connectivity index (χ1n) is 19.1. The second-order valence-electron chi connectivity index (χ2n) is 17.1.